The van der Waals surface area contributed by atoms with Crippen molar-refractivity contribution in [3.8, 4) is 33.5 Å². The van der Waals surface area contributed by atoms with Gasteiger partial charge in [-0.25, -0.2) is 19.6 Å². The molecule has 3 fully saturated rings. The number of likely N-dealkylation sites (tertiary alicyclic amines) is 2. The van der Waals surface area contributed by atoms with E-state index in [1.165, 1.54) is 30.9 Å². The molecule has 0 radical (unpaired) electrons. The van der Waals surface area contributed by atoms with Crippen LogP contribution in [0.2, 0.25) is 0 Å². The minimum Gasteiger partial charge on any atom is -0.453 e. The van der Waals surface area contributed by atoms with E-state index < -0.39 is 24.3 Å². The van der Waals surface area contributed by atoms with Gasteiger partial charge in [-0.05, 0) is 103 Å². The number of rotatable bonds is 11. The zero-order valence-corrected chi connectivity index (χ0v) is 37.7. The second kappa shape index (κ2) is 17.4. The van der Waals surface area contributed by atoms with E-state index in [4.69, 9.17) is 19.4 Å². The minimum absolute atomic E-state index is 0.108. The molecule has 2 aromatic heterocycles. The Bertz CT molecular complexity index is 2580. The summed E-state index contributed by atoms with van der Waals surface area (Å²) in [5.41, 5.74) is 11.1. The number of hydrogen-bond acceptors (Lipinski definition) is 9. The molecule has 2 bridgehead atoms. The highest BCUT2D eigenvalue weighted by molar-refractivity contribution is 5.88. The monoisotopic (exact) mass is 869 g/mol. The van der Waals surface area contributed by atoms with Gasteiger partial charge in [-0.2, -0.15) is 0 Å². The lowest BCUT2D eigenvalue weighted by Gasteiger charge is -2.30. The molecular formula is C49H59N9O6. The number of ether oxygens (including phenoxy) is 2. The third kappa shape index (κ3) is 7.66. The summed E-state index contributed by atoms with van der Waals surface area (Å²) in [5.74, 6) is 1.04. The van der Waals surface area contributed by atoms with E-state index in [0.29, 0.717) is 25.2 Å². The minimum atomic E-state index is -0.691. The van der Waals surface area contributed by atoms with Crippen molar-refractivity contribution in [2.75, 3.05) is 34.4 Å². The van der Waals surface area contributed by atoms with Gasteiger partial charge in [0.1, 0.15) is 23.7 Å². The van der Waals surface area contributed by atoms with Crippen molar-refractivity contribution in [1.29, 1.82) is 0 Å². The number of carbonyl (C=O) groups excluding carboxylic acids is 4. The van der Waals surface area contributed by atoms with Gasteiger partial charge in [0, 0.05) is 30.7 Å². The van der Waals surface area contributed by atoms with Crippen LogP contribution in [0.4, 0.5) is 9.59 Å². The highest BCUT2D eigenvalue weighted by atomic mass is 16.5. The maximum absolute atomic E-state index is 13.8. The molecule has 4 amide bonds. The van der Waals surface area contributed by atoms with Crippen LogP contribution >= 0.6 is 0 Å². The Balaban J connectivity index is 0.956. The van der Waals surface area contributed by atoms with Crippen molar-refractivity contribution in [3.05, 3.63) is 83.6 Å². The Kier molecular flexibility index (Phi) is 11.7. The van der Waals surface area contributed by atoms with E-state index in [-0.39, 0.29) is 35.7 Å². The highest BCUT2D eigenvalue weighted by Gasteiger charge is 2.45. The molecule has 0 spiro atoms. The second-order valence-electron chi connectivity index (χ2n) is 18.5. The van der Waals surface area contributed by atoms with Crippen LogP contribution in [0.15, 0.2) is 60.8 Å². The van der Waals surface area contributed by atoms with Gasteiger partial charge in [-0.1, -0.05) is 70.2 Å². The Labute approximate surface area is 373 Å². The van der Waals surface area contributed by atoms with Crippen LogP contribution in [0.3, 0.4) is 0 Å². The Morgan fingerprint density at radius 1 is 0.656 bits per heavy atom. The largest absolute Gasteiger partial charge is 0.453 e. The SMILES string of the molecule is COC(=O)N[C@H](C(=O)N1CCCC1c1nc2ccc(-c3ccc(-c4ccc(-c5cnc([C@@H]6CCCN6C(=O)[C@@H](NC(=O)OC)C(C)C)[nH]5)c5c4C4CCC5N4C)cc3)cc2[nH]1)C(C)C. The van der Waals surface area contributed by atoms with Crippen molar-refractivity contribution in [2.45, 2.75) is 102 Å². The number of aromatic nitrogens is 4. The fraction of sp³-hybridized carbons (Fsp3) is 0.469. The van der Waals surface area contributed by atoms with Crippen molar-refractivity contribution in [3.63, 3.8) is 0 Å². The number of nitrogens with one attached hydrogen (secondary N) is 4. The first kappa shape index (κ1) is 43.1. The van der Waals surface area contributed by atoms with Crippen LogP contribution in [-0.2, 0) is 19.1 Å². The van der Waals surface area contributed by atoms with Gasteiger partial charge in [0.15, 0.2) is 0 Å². The summed E-state index contributed by atoms with van der Waals surface area (Å²) in [5, 5.41) is 5.47. The number of amides is 4. The van der Waals surface area contributed by atoms with Crippen molar-refractivity contribution >= 4 is 35.0 Å². The average molecular weight is 870 g/mol. The average Bonchev–Trinajstić information content (AvgIpc) is 4.17. The summed E-state index contributed by atoms with van der Waals surface area (Å²) in [6, 6.07) is 18.3. The molecular weight excluding hydrogens is 811 g/mol. The van der Waals surface area contributed by atoms with E-state index in [1.807, 2.05) is 49.8 Å². The number of alkyl carbamates (subject to hydrolysis) is 2. The summed E-state index contributed by atoms with van der Waals surface area (Å²) >= 11 is 0. The zero-order valence-electron chi connectivity index (χ0n) is 37.7. The van der Waals surface area contributed by atoms with Gasteiger partial charge < -0.3 is 39.9 Å². The molecule has 6 atom stereocenters. The van der Waals surface area contributed by atoms with Gasteiger partial charge in [0.05, 0.1) is 49.2 Å². The standard InChI is InChI=1S/C49H59N9O6/c1-26(2)42(54-48(61)63-6)46(59)57-22-8-10-38(57)44-50-25-35(53-44)32-18-17-31(40-36-20-21-37(41(32)40)56(36)5)29-14-12-28(13-15-29)30-16-19-33-34(24-30)52-45(51-33)39-11-9-23-58(39)47(60)43(27(3)4)55-49(62)64-7/h12-19,24-27,36-39,42-43H,8-11,20-23H2,1-7H3,(H,50,53)(H,51,52)(H,54,61)(H,55,62)/t36?,37?,38-,39?,42-,43-/m0/s1. The maximum atomic E-state index is 13.8. The van der Waals surface area contributed by atoms with E-state index in [1.54, 1.807) is 0 Å². The summed E-state index contributed by atoms with van der Waals surface area (Å²) in [4.78, 5) is 74.9. The first-order chi connectivity index (χ1) is 30.9. The van der Waals surface area contributed by atoms with Gasteiger partial charge in [0.2, 0.25) is 11.8 Å². The fourth-order valence-electron chi connectivity index (χ4n) is 10.7. The van der Waals surface area contributed by atoms with Crippen LogP contribution in [0.25, 0.3) is 44.5 Å². The molecule has 9 rings (SSSR count). The molecule has 64 heavy (non-hydrogen) atoms. The number of fused-ring (bicyclic) bond motifs is 6. The number of imidazole rings is 2. The summed E-state index contributed by atoms with van der Waals surface area (Å²) in [7, 11) is 4.84. The molecule has 15 nitrogen and oxygen atoms in total. The van der Waals surface area contributed by atoms with E-state index >= 15 is 0 Å². The first-order valence-corrected chi connectivity index (χ1v) is 22.7. The van der Waals surface area contributed by atoms with Crippen LogP contribution in [-0.4, -0.2) is 105 Å². The smallest absolute Gasteiger partial charge is 0.407 e. The number of H-pyrrole nitrogens is 2. The van der Waals surface area contributed by atoms with Crippen LogP contribution in [0.1, 0.15) is 113 Å². The van der Waals surface area contributed by atoms with E-state index in [0.717, 1.165) is 89.2 Å². The molecule has 5 aromatic rings. The number of hydrogen-bond donors (Lipinski definition) is 4. The molecule has 4 aliphatic heterocycles. The van der Waals surface area contributed by atoms with Gasteiger partial charge in [0.25, 0.3) is 0 Å². The lowest BCUT2D eigenvalue weighted by atomic mass is 9.82. The Hall–Kier alpha value is -6.22. The third-order valence-corrected chi connectivity index (χ3v) is 14.1. The lowest BCUT2D eigenvalue weighted by molar-refractivity contribution is -0.136. The molecule has 4 N–H and O–H groups in total. The zero-order chi connectivity index (χ0) is 45.0. The van der Waals surface area contributed by atoms with Gasteiger partial charge >= 0.3 is 12.2 Å². The van der Waals surface area contributed by atoms with Gasteiger partial charge in [-0.3, -0.25) is 14.5 Å². The molecule has 0 saturated carbocycles. The topological polar surface area (TPSA) is 178 Å². The molecule has 15 heteroatoms. The molecule has 6 heterocycles. The number of carbonyl (C=O) groups is 4. The molecule has 4 aliphatic rings. The van der Waals surface area contributed by atoms with Crippen molar-refractivity contribution in [2.24, 2.45) is 11.8 Å². The first-order valence-electron chi connectivity index (χ1n) is 22.7. The predicted octanol–water partition coefficient (Wildman–Crippen LogP) is 8.20. The summed E-state index contributed by atoms with van der Waals surface area (Å²) in [6.07, 6.45) is 6.16. The predicted molar refractivity (Wildman–Crippen MR) is 243 cm³/mol. The third-order valence-electron chi connectivity index (χ3n) is 14.1. The normalized spacial score (nSPS) is 21.5. The quantitative estimate of drug-likeness (QED) is 0.102. The van der Waals surface area contributed by atoms with Gasteiger partial charge in [-0.15, -0.1) is 0 Å². The maximum Gasteiger partial charge on any atom is 0.407 e. The summed E-state index contributed by atoms with van der Waals surface area (Å²) < 4.78 is 9.62. The second-order valence-corrected chi connectivity index (χ2v) is 18.5. The highest BCUT2D eigenvalue weighted by Crippen LogP contribution is 2.57. The molecule has 3 unspecified atom stereocenters. The number of benzene rings is 3. The number of aromatic amines is 2. The van der Waals surface area contributed by atoms with E-state index in [2.05, 4.69) is 81.1 Å². The molecule has 3 aromatic carbocycles. The Morgan fingerprint density at radius 3 is 1.77 bits per heavy atom. The van der Waals surface area contributed by atoms with Crippen LogP contribution in [0, 0.1) is 11.8 Å². The summed E-state index contributed by atoms with van der Waals surface area (Å²) in [6.45, 7) is 8.87. The van der Waals surface area contributed by atoms with Crippen molar-refractivity contribution in [1.82, 2.24) is 45.3 Å². The molecule has 3 saturated heterocycles. The fourth-order valence-corrected chi connectivity index (χ4v) is 10.7. The Morgan fingerprint density at radius 2 is 1.19 bits per heavy atom. The van der Waals surface area contributed by atoms with E-state index in [9.17, 15) is 19.2 Å². The molecule has 0 aliphatic carbocycles. The van der Waals surface area contributed by atoms with Crippen molar-refractivity contribution < 1.29 is 28.7 Å². The molecule has 336 valence electrons. The lowest BCUT2D eigenvalue weighted by Crippen LogP contribution is -2.51. The van der Waals surface area contributed by atoms with Crippen LogP contribution in [0.5, 0.6) is 0 Å². The number of nitrogens with zero attached hydrogens (tertiary/aromatic N) is 5. The van der Waals surface area contributed by atoms with Crippen LogP contribution < -0.4 is 10.6 Å². The number of methoxy groups -OCH3 is 2.